The molecule has 4 heteroatoms. The zero-order chi connectivity index (χ0) is 14.2. The van der Waals surface area contributed by atoms with E-state index in [1.54, 1.807) is 0 Å². The van der Waals surface area contributed by atoms with Crippen molar-refractivity contribution in [3.63, 3.8) is 0 Å². The summed E-state index contributed by atoms with van der Waals surface area (Å²) < 4.78 is 5.64. The van der Waals surface area contributed by atoms with Crippen molar-refractivity contribution >= 4 is 11.4 Å². The number of rotatable bonds is 8. The van der Waals surface area contributed by atoms with Gasteiger partial charge in [0.05, 0.1) is 6.61 Å². The molecule has 4 nitrogen and oxygen atoms in total. The number of hydrogen-bond donors (Lipinski definition) is 2. The number of ether oxygens (including phenoxy) is 1. The molecule has 0 amide bonds. The minimum Gasteiger partial charge on any atom is -0.493 e. The maximum absolute atomic E-state index is 5.91. The lowest BCUT2D eigenvalue weighted by Crippen LogP contribution is -2.22. The summed E-state index contributed by atoms with van der Waals surface area (Å²) >= 11 is 0. The SMILES string of the molecule is CCCOc1cc(N)cc(NCCCN2CCCC2)c1. The maximum atomic E-state index is 5.91. The number of benzene rings is 1. The van der Waals surface area contributed by atoms with Crippen LogP contribution in [0.3, 0.4) is 0 Å². The number of hydrogen-bond acceptors (Lipinski definition) is 4. The molecule has 1 aromatic carbocycles. The van der Waals surface area contributed by atoms with Gasteiger partial charge in [-0.15, -0.1) is 0 Å². The number of nitrogens with one attached hydrogen (secondary N) is 1. The fraction of sp³-hybridized carbons (Fsp3) is 0.625. The van der Waals surface area contributed by atoms with E-state index in [1.807, 2.05) is 18.2 Å². The molecule has 0 radical (unpaired) electrons. The average molecular weight is 277 g/mol. The van der Waals surface area contributed by atoms with E-state index in [1.165, 1.54) is 38.9 Å². The lowest BCUT2D eigenvalue weighted by molar-refractivity contribution is 0.317. The molecule has 1 fully saturated rings. The number of nitrogen functional groups attached to an aromatic ring is 1. The molecule has 20 heavy (non-hydrogen) atoms. The number of likely N-dealkylation sites (tertiary alicyclic amines) is 1. The molecular formula is C16H27N3O. The molecule has 0 unspecified atom stereocenters. The Bertz CT molecular complexity index is 403. The van der Waals surface area contributed by atoms with Gasteiger partial charge < -0.3 is 20.7 Å². The fourth-order valence-electron chi connectivity index (χ4n) is 2.57. The van der Waals surface area contributed by atoms with Gasteiger partial charge in [-0.25, -0.2) is 0 Å². The van der Waals surface area contributed by atoms with Gasteiger partial charge in [0.15, 0.2) is 0 Å². The highest BCUT2D eigenvalue weighted by Gasteiger charge is 2.10. The Labute approximate surface area is 122 Å². The van der Waals surface area contributed by atoms with E-state index < -0.39 is 0 Å². The van der Waals surface area contributed by atoms with E-state index in [0.29, 0.717) is 0 Å². The van der Waals surface area contributed by atoms with Gasteiger partial charge in [0.25, 0.3) is 0 Å². The van der Waals surface area contributed by atoms with Crippen LogP contribution in [-0.4, -0.2) is 37.7 Å². The lowest BCUT2D eigenvalue weighted by Gasteiger charge is -2.15. The third kappa shape index (κ3) is 4.93. The number of anilines is 2. The van der Waals surface area contributed by atoms with Gasteiger partial charge in [0, 0.05) is 30.1 Å². The zero-order valence-corrected chi connectivity index (χ0v) is 12.5. The smallest absolute Gasteiger partial charge is 0.123 e. The van der Waals surface area contributed by atoms with Crippen LogP contribution < -0.4 is 15.8 Å². The molecule has 112 valence electrons. The molecule has 1 heterocycles. The quantitative estimate of drug-likeness (QED) is 0.566. The Hall–Kier alpha value is -1.42. The van der Waals surface area contributed by atoms with Gasteiger partial charge in [-0.05, 0) is 51.4 Å². The van der Waals surface area contributed by atoms with Crippen LogP contribution in [0.4, 0.5) is 11.4 Å². The monoisotopic (exact) mass is 277 g/mol. The Morgan fingerprint density at radius 1 is 1.25 bits per heavy atom. The van der Waals surface area contributed by atoms with E-state index in [2.05, 4.69) is 17.1 Å². The molecule has 0 aliphatic carbocycles. The van der Waals surface area contributed by atoms with Crippen molar-refractivity contribution in [1.29, 1.82) is 0 Å². The summed E-state index contributed by atoms with van der Waals surface area (Å²) in [5, 5.41) is 3.44. The summed E-state index contributed by atoms with van der Waals surface area (Å²) in [5.74, 6) is 0.855. The second kappa shape index (κ2) is 8.00. The Kier molecular flexibility index (Phi) is 5.99. The van der Waals surface area contributed by atoms with Crippen LogP contribution in [0.2, 0.25) is 0 Å². The van der Waals surface area contributed by atoms with Crippen LogP contribution in [0.1, 0.15) is 32.6 Å². The van der Waals surface area contributed by atoms with Crippen LogP contribution in [0.5, 0.6) is 5.75 Å². The largest absolute Gasteiger partial charge is 0.493 e. The first kappa shape index (κ1) is 15.0. The van der Waals surface area contributed by atoms with Gasteiger partial charge in [0.2, 0.25) is 0 Å². The van der Waals surface area contributed by atoms with E-state index in [9.17, 15) is 0 Å². The van der Waals surface area contributed by atoms with Crippen molar-refractivity contribution in [1.82, 2.24) is 4.90 Å². The Morgan fingerprint density at radius 2 is 2.05 bits per heavy atom. The molecular weight excluding hydrogens is 250 g/mol. The molecule has 1 aliphatic heterocycles. The Balaban J connectivity index is 1.74. The number of nitrogens with zero attached hydrogens (tertiary/aromatic N) is 1. The molecule has 0 atom stereocenters. The summed E-state index contributed by atoms with van der Waals surface area (Å²) in [6, 6.07) is 5.88. The zero-order valence-electron chi connectivity index (χ0n) is 12.5. The van der Waals surface area contributed by atoms with Gasteiger partial charge >= 0.3 is 0 Å². The van der Waals surface area contributed by atoms with Crippen LogP contribution >= 0.6 is 0 Å². The van der Waals surface area contributed by atoms with Gasteiger partial charge in [-0.1, -0.05) is 6.92 Å². The highest BCUT2D eigenvalue weighted by Crippen LogP contribution is 2.22. The standard InChI is InChI=1S/C16H27N3O/c1-2-10-20-16-12-14(17)11-15(13-16)18-6-5-9-19-7-3-4-8-19/h11-13,18H,2-10,17H2,1H3. The van der Waals surface area contributed by atoms with Crippen molar-refractivity contribution in [2.45, 2.75) is 32.6 Å². The van der Waals surface area contributed by atoms with Gasteiger partial charge in [0.1, 0.15) is 5.75 Å². The third-order valence-corrected chi connectivity index (χ3v) is 3.58. The fourth-order valence-corrected chi connectivity index (χ4v) is 2.57. The molecule has 1 saturated heterocycles. The van der Waals surface area contributed by atoms with Crippen LogP contribution in [-0.2, 0) is 0 Å². The van der Waals surface area contributed by atoms with Gasteiger partial charge in [-0.2, -0.15) is 0 Å². The molecule has 0 spiro atoms. The van der Waals surface area contributed by atoms with Crippen molar-refractivity contribution in [2.24, 2.45) is 0 Å². The van der Waals surface area contributed by atoms with Crippen molar-refractivity contribution in [2.75, 3.05) is 43.8 Å². The first-order valence-corrected chi connectivity index (χ1v) is 7.77. The molecule has 0 aromatic heterocycles. The minimum absolute atomic E-state index is 0.734. The first-order chi connectivity index (χ1) is 9.78. The van der Waals surface area contributed by atoms with E-state index in [0.717, 1.165) is 36.7 Å². The molecule has 0 saturated carbocycles. The topological polar surface area (TPSA) is 50.5 Å². The van der Waals surface area contributed by atoms with Crippen molar-refractivity contribution in [3.05, 3.63) is 18.2 Å². The normalized spacial score (nSPS) is 15.4. The van der Waals surface area contributed by atoms with E-state index in [-0.39, 0.29) is 0 Å². The second-order valence-corrected chi connectivity index (χ2v) is 5.47. The first-order valence-electron chi connectivity index (χ1n) is 7.77. The summed E-state index contributed by atoms with van der Waals surface area (Å²) in [6.45, 7) is 7.55. The predicted octanol–water partition coefficient (Wildman–Crippen LogP) is 2.96. The van der Waals surface area contributed by atoms with Crippen LogP contribution in [0.15, 0.2) is 18.2 Å². The Morgan fingerprint density at radius 3 is 2.80 bits per heavy atom. The summed E-state index contributed by atoms with van der Waals surface area (Å²) in [5.41, 5.74) is 7.71. The molecule has 0 bridgehead atoms. The highest BCUT2D eigenvalue weighted by atomic mass is 16.5. The van der Waals surface area contributed by atoms with E-state index in [4.69, 9.17) is 10.5 Å². The minimum atomic E-state index is 0.734. The second-order valence-electron chi connectivity index (χ2n) is 5.47. The highest BCUT2D eigenvalue weighted by molar-refractivity contribution is 5.59. The third-order valence-electron chi connectivity index (χ3n) is 3.58. The van der Waals surface area contributed by atoms with Gasteiger partial charge in [-0.3, -0.25) is 0 Å². The lowest BCUT2D eigenvalue weighted by atomic mass is 10.2. The number of nitrogens with two attached hydrogens (primary N) is 1. The molecule has 2 rings (SSSR count). The summed E-state index contributed by atoms with van der Waals surface area (Å²) in [4.78, 5) is 2.54. The van der Waals surface area contributed by atoms with Crippen molar-refractivity contribution < 1.29 is 4.74 Å². The summed E-state index contributed by atoms with van der Waals surface area (Å²) in [7, 11) is 0. The van der Waals surface area contributed by atoms with E-state index >= 15 is 0 Å². The maximum Gasteiger partial charge on any atom is 0.123 e. The predicted molar refractivity (Wildman–Crippen MR) is 85.4 cm³/mol. The van der Waals surface area contributed by atoms with Crippen LogP contribution in [0.25, 0.3) is 0 Å². The summed E-state index contributed by atoms with van der Waals surface area (Å²) in [6.07, 6.45) is 4.90. The molecule has 1 aromatic rings. The molecule has 1 aliphatic rings. The molecule has 3 N–H and O–H groups in total. The van der Waals surface area contributed by atoms with Crippen LogP contribution in [0, 0.1) is 0 Å². The van der Waals surface area contributed by atoms with Crippen molar-refractivity contribution in [3.8, 4) is 5.75 Å². The average Bonchev–Trinajstić information content (AvgIpc) is 2.94.